The lowest BCUT2D eigenvalue weighted by molar-refractivity contribution is 0.154. The van der Waals surface area contributed by atoms with E-state index in [9.17, 15) is 5.11 Å². The Kier molecular flexibility index (Phi) is 1.57. The fraction of sp³-hybridized carbons (Fsp3) is 0.600. The molecule has 0 bridgehead atoms. The van der Waals surface area contributed by atoms with E-state index >= 15 is 0 Å². The van der Waals surface area contributed by atoms with Crippen LogP contribution in [0.2, 0.25) is 0 Å². The van der Waals surface area contributed by atoms with Gasteiger partial charge in [0, 0.05) is 6.54 Å². The molecule has 0 radical (unpaired) electrons. The van der Waals surface area contributed by atoms with Gasteiger partial charge < -0.3 is 10.4 Å². The van der Waals surface area contributed by atoms with Crippen molar-refractivity contribution in [2.45, 2.75) is 12.6 Å². The van der Waals surface area contributed by atoms with Crippen molar-refractivity contribution in [3.8, 4) is 0 Å². The van der Waals surface area contributed by atoms with Crippen molar-refractivity contribution in [3.05, 3.63) is 4.73 Å². The Hall–Kier alpha value is -0.620. The Labute approximate surface area is 71.6 Å². The van der Waals surface area contributed by atoms with E-state index in [4.69, 9.17) is 0 Å². The Bertz CT molecular complexity index is 273. The van der Waals surface area contributed by atoms with Gasteiger partial charge in [-0.2, -0.15) is 4.98 Å². The van der Waals surface area contributed by atoms with Gasteiger partial charge in [0.25, 0.3) is 0 Å². The van der Waals surface area contributed by atoms with Gasteiger partial charge in [-0.15, -0.1) is 5.10 Å². The third-order valence-corrected chi connectivity index (χ3v) is 1.86. The largest absolute Gasteiger partial charge is 0.389 e. The van der Waals surface area contributed by atoms with Gasteiger partial charge >= 0.3 is 0 Å². The number of halogens is 1. The number of aromatic nitrogens is 3. The number of hydrogen-bond acceptors (Lipinski definition) is 4. The van der Waals surface area contributed by atoms with Crippen molar-refractivity contribution in [2.75, 3.05) is 11.9 Å². The molecule has 0 aromatic carbocycles. The zero-order valence-electron chi connectivity index (χ0n) is 5.66. The molecule has 1 aliphatic heterocycles. The highest BCUT2D eigenvalue weighted by Crippen LogP contribution is 2.13. The summed E-state index contributed by atoms with van der Waals surface area (Å²) >= 11 is 3.15. The minimum absolute atomic E-state index is 0.365. The quantitative estimate of drug-likeness (QED) is 0.635. The van der Waals surface area contributed by atoms with Gasteiger partial charge in [-0.25, -0.2) is 4.68 Å². The highest BCUT2D eigenvalue weighted by molar-refractivity contribution is 9.10. The maximum atomic E-state index is 9.20. The first-order valence-corrected chi connectivity index (χ1v) is 4.07. The van der Waals surface area contributed by atoms with Crippen LogP contribution in [-0.4, -0.2) is 32.5 Å². The van der Waals surface area contributed by atoms with Crippen LogP contribution in [0.3, 0.4) is 0 Å². The molecule has 1 unspecified atom stereocenters. The fourth-order valence-electron chi connectivity index (χ4n) is 1.05. The van der Waals surface area contributed by atoms with E-state index in [1.165, 1.54) is 0 Å². The first-order valence-electron chi connectivity index (χ1n) is 3.28. The number of anilines is 1. The summed E-state index contributed by atoms with van der Waals surface area (Å²) in [6.45, 7) is 1.06. The summed E-state index contributed by atoms with van der Waals surface area (Å²) in [4.78, 5) is 4.03. The SMILES string of the molecule is OC1CNc2nc(Br)nn2C1. The lowest BCUT2D eigenvalue weighted by Gasteiger charge is -2.18. The van der Waals surface area contributed by atoms with E-state index in [1.54, 1.807) is 4.68 Å². The molecule has 0 saturated heterocycles. The number of nitrogens with zero attached hydrogens (tertiary/aromatic N) is 3. The summed E-state index contributed by atoms with van der Waals surface area (Å²) in [5.41, 5.74) is 0. The van der Waals surface area contributed by atoms with E-state index < -0.39 is 0 Å². The third kappa shape index (κ3) is 1.23. The summed E-state index contributed by atoms with van der Waals surface area (Å²) in [6, 6.07) is 0. The molecule has 6 heteroatoms. The van der Waals surface area contributed by atoms with Crippen molar-refractivity contribution < 1.29 is 5.11 Å². The van der Waals surface area contributed by atoms with Gasteiger partial charge in [0.05, 0.1) is 12.6 Å². The molecule has 11 heavy (non-hydrogen) atoms. The Morgan fingerprint density at radius 1 is 1.73 bits per heavy atom. The minimum Gasteiger partial charge on any atom is -0.389 e. The normalized spacial score (nSPS) is 22.5. The molecule has 2 N–H and O–H groups in total. The number of β-amino-alcohol motifs (C(OH)–C–C–N with tert-alkyl or cyclic N) is 1. The van der Waals surface area contributed by atoms with Crippen molar-refractivity contribution in [1.82, 2.24) is 14.8 Å². The molecule has 5 nitrogen and oxygen atoms in total. The second-order valence-corrected chi connectivity index (χ2v) is 3.13. The van der Waals surface area contributed by atoms with Gasteiger partial charge in [-0.3, -0.25) is 0 Å². The van der Waals surface area contributed by atoms with Crippen molar-refractivity contribution in [2.24, 2.45) is 0 Å². The number of rotatable bonds is 0. The van der Waals surface area contributed by atoms with Crippen LogP contribution in [0.1, 0.15) is 0 Å². The number of hydrogen-bond donors (Lipinski definition) is 2. The van der Waals surface area contributed by atoms with Crippen LogP contribution in [0.25, 0.3) is 0 Å². The predicted molar refractivity (Wildman–Crippen MR) is 42.2 cm³/mol. The molecule has 2 heterocycles. The lowest BCUT2D eigenvalue weighted by Crippen LogP contribution is -2.32. The van der Waals surface area contributed by atoms with E-state index in [0.717, 1.165) is 0 Å². The molecule has 0 amide bonds. The van der Waals surface area contributed by atoms with Gasteiger partial charge in [0.2, 0.25) is 10.7 Å². The molecule has 0 spiro atoms. The van der Waals surface area contributed by atoms with Crippen LogP contribution in [0.5, 0.6) is 0 Å². The molecule has 1 atom stereocenters. The second-order valence-electron chi connectivity index (χ2n) is 2.42. The maximum Gasteiger partial charge on any atom is 0.222 e. The highest BCUT2D eigenvalue weighted by Gasteiger charge is 2.17. The van der Waals surface area contributed by atoms with Gasteiger partial charge in [0.1, 0.15) is 0 Å². The maximum absolute atomic E-state index is 9.20. The zero-order chi connectivity index (χ0) is 7.84. The van der Waals surface area contributed by atoms with Gasteiger partial charge in [-0.1, -0.05) is 0 Å². The van der Waals surface area contributed by atoms with E-state index in [0.29, 0.717) is 23.8 Å². The van der Waals surface area contributed by atoms with Crippen LogP contribution in [0.4, 0.5) is 5.95 Å². The smallest absolute Gasteiger partial charge is 0.222 e. The van der Waals surface area contributed by atoms with Crippen molar-refractivity contribution in [1.29, 1.82) is 0 Å². The average molecular weight is 219 g/mol. The number of fused-ring (bicyclic) bond motifs is 1. The lowest BCUT2D eigenvalue weighted by atomic mass is 10.3. The van der Waals surface area contributed by atoms with E-state index in [2.05, 4.69) is 31.3 Å². The van der Waals surface area contributed by atoms with Gasteiger partial charge in [0.15, 0.2) is 0 Å². The van der Waals surface area contributed by atoms with Crippen LogP contribution in [0, 0.1) is 0 Å². The molecule has 0 saturated carbocycles. The van der Waals surface area contributed by atoms with Crippen LogP contribution in [-0.2, 0) is 6.54 Å². The first-order chi connectivity index (χ1) is 5.25. The van der Waals surface area contributed by atoms with Crippen LogP contribution < -0.4 is 5.32 Å². The van der Waals surface area contributed by atoms with Crippen LogP contribution in [0.15, 0.2) is 4.73 Å². The molecular weight excluding hydrogens is 212 g/mol. The standard InChI is InChI=1S/C5H7BrN4O/c6-4-8-5-7-1-3(11)2-10(5)9-4/h3,11H,1-2H2,(H,7,8,9). The third-order valence-electron chi connectivity index (χ3n) is 1.53. The molecule has 60 valence electrons. The molecule has 1 aromatic rings. The topological polar surface area (TPSA) is 63.0 Å². The van der Waals surface area contributed by atoms with Gasteiger partial charge in [-0.05, 0) is 15.9 Å². The molecule has 0 fully saturated rings. The Morgan fingerprint density at radius 2 is 2.55 bits per heavy atom. The molecule has 1 aliphatic rings. The van der Waals surface area contributed by atoms with Crippen LogP contribution >= 0.6 is 15.9 Å². The summed E-state index contributed by atoms with van der Waals surface area (Å²) in [7, 11) is 0. The highest BCUT2D eigenvalue weighted by atomic mass is 79.9. The second kappa shape index (κ2) is 2.46. The number of aliphatic hydroxyl groups excluding tert-OH is 1. The zero-order valence-corrected chi connectivity index (χ0v) is 7.24. The van der Waals surface area contributed by atoms with Crippen molar-refractivity contribution >= 4 is 21.9 Å². The number of nitrogens with one attached hydrogen (secondary N) is 1. The summed E-state index contributed by atoms with van der Waals surface area (Å²) in [6.07, 6.45) is -0.365. The molecular formula is C5H7BrN4O. The van der Waals surface area contributed by atoms with E-state index in [1.807, 2.05) is 0 Å². The summed E-state index contributed by atoms with van der Waals surface area (Å²) in [5.74, 6) is 0.710. The monoisotopic (exact) mass is 218 g/mol. The summed E-state index contributed by atoms with van der Waals surface area (Å²) < 4.78 is 2.19. The van der Waals surface area contributed by atoms with Crippen molar-refractivity contribution in [3.63, 3.8) is 0 Å². The minimum atomic E-state index is -0.365. The first kappa shape index (κ1) is 7.05. The Morgan fingerprint density at radius 3 is 3.36 bits per heavy atom. The average Bonchev–Trinajstić information content (AvgIpc) is 2.27. The Balaban J connectivity index is 2.34. The number of aliphatic hydroxyl groups is 1. The molecule has 2 rings (SSSR count). The molecule has 1 aromatic heterocycles. The molecule has 0 aliphatic carbocycles. The fourth-order valence-corrected chi connectivity index (χ4v) is 1.41. The van der Waals surface area contributed by atoms with E-state index in [-0.39, 0.29) is 6.10 Å². The predicted octanol–water partition coefficient (Wildman–Crippen LogP) is -0.173. The summed E-state index contributed by atoms with van der Waals surface area (Å²) in [5, 5.41) is 16.1.